The Labute approximate surface area is 158 Å². The Morgan fingerprint density at radius 3 is 2.42 bits per heavy atom. The zero-order valence-corrected chi connectivity index (χ0v) is 17.3. The maximum atomic E-state index is 13.1. The molecule has 0 aromatic heterocycles. The van der Waals surface area contributed by atoms with Gasteiger partial charge in [-0.1, -0.05) is 34.1 Å². The smallest absolute Gasteiger partial charge is 0.303 e. The highest BCUT2D eigenvalue weighted by Gasteiger charge is 2.64. The third kappa shape index (κ3) is 2.44. The van der Waals surface area contributed by atoms with Crippen molar-refractivity contribution in [3.8, 4) is 0 Å². The van der Waals surface area contributed by atoms with Gasteiger partial charge in [-0.3, -0.25) is 9.59 Å². The molecule has 0 spiro atoms. The van der Waals surface area contributed by atoms with E-state index in [0.29, 0.717) is 23.7 Å². The van der Waals surface area contributed by atoms with Gasteiger partial charge in [-0.15, -0.1) is 0 Å². The highest BCUT2D eigenvalue weighted by molar-refractivity contribution is 5.87. The fraction of sp³-hybridized carbons (Fsp3) is 0.913. The second-order valence-corrected chi connectivity index (χ2v) is 11.1. The molecule has 0 aromatic rings. The van der Waals surface area contributed by atoms with E-state index < -0.39 is 6.10 Å². The standard InChI is InChI=1S/C23H36O3/c1-14(24)26-20-18(25)13-23(5)17-10-12-22(4)11-6-7-16(22)15(17)8-9-19(23)21(20,2)3/h15-17,19-20H,6-13H2,1-5H3/t15-,16+,17-,19+,20-,22+,23-/m1/s1. The summed E-state index contributed by atoms with van der Waals surface area (Å²) in [7, 11) is 0. The monoisotopic (exact) mass is 360 g/mol. The van der Waals surface area contributed by atoms with Crippen molar-refractivity contribution in [1.29, 1.82) is 0 Å². The summed E-state index contributed by atoms with van der Waals surface area (Å²) in [6, 6.07) is 0. The fourth-order valence-corrected chi connectivity index (χ4v) is 8.37. The van der Waals surface area contributed by atoms with Crippen LogP contribution >= 0.6 is 0 Å². The van der Waals surface area contributed by atoms with Crippen LogP contribution in [0.15, 0.2) is 0 Å². The Morgan fingerprint density at radius 2 is 1.73 bits per heavy atom. The van der Waals surface area contributed by atoms with Crippen molar-refractivity contribution in [2.75, 3.05) is 0 Å². The Bertz CT molecular complexity index is 623. The molecule has 0 unspecified atom stereocenters. The van der Waals surface area contributed by atoms with Gasteiger partial charge in [0.1, 0.15) is 0 Å². The molecule has 3 heteroatoms. The quantitative estimate of drug-likeness (QED) is 0.606. The van der Waals surface area contributed by atoms with Crippen molar-refractivity contribution in [3.63, 3.8) is 0 Å². The number of fused-ring (bicyclic) bond motifs is 5. The normalized spacial score (nSPS) is 49.7. The fourth-order valence-electron chi connectivity index (χ4n) is 8.37. The molecule has 146 valence electrons. The number of hydrogen-bond donors (Lipinski definition) is 0. The number of rotatable bonds is 1. The lowest BCUT2D eigenvalue weighted by atomic mass is 9.41. The van der Waals surface area contributed by atoms with Gasteiger partial charge < -0.3 is 4.74 Å². The lowest BCUT2D eigenvalue weighted by Crippen LogP contribution is -2.62. The first-order valence-electron chi connectivity index (χ1n) is 10.8. The molecule has 4 saturated carbocycles. The number of carbonyl (C=O) groups is 2. The van der Waals surface area contributed by atoms with Crippen LogP contribution < -0.4 is 0 Å². The van der Waals surface area contributed by atoms with Crippen LogP contribution in [-0.2, 0) is 14.3 Å². The van der Waals surface area contributed by atoms with E-state index >= 15 is 0 Å². The Kier molecular flexibility index (Phi) is 4.14. The van der Waals surface area contributed by atoms with Crippen LogP contribution in [0, 0.1) is 39.9 Å². The van der Waals surface area contributed by atoms with Gasteiger partial charge in [-0.2, -0.15) is 0 Å². The van der Waals surface area contributed by atoms with E-state index in [9.17, 15) is 9.59 Å². The molecular formula is C23H36O3. The molecule has 4 aliphatic carbocycles. The minimum Gasteiger partial charge on any atom is -0.454 e. The number of Topliss-reactive ketones (excluding diaryl/α,β-unsaturated/α-hetero) is 1. The van der Waals surface area contributed by atoms with Crippen molar-refractivity contribution in [2.24, 2.45) is 39.9 Å². The van der Waals surface area contributed by atoms with E-state index in [1.165, 1.54) is 51.9 Å². The highest BCUT2D eigenvalue weighted by atomic mass is 16.5. The van der Waals surface area contributed by atoms with E-state index in [1.807, 2.05) is 0 Å². The minimum atomic E-state index is -0.560. The predicted octanol–water partition coefficient (Wildman–Crippen LogP) is 5.17. The minimum absolute atomic E-state index is 0.0735. The number of ketones is 1. The van der Waals surface area contributed by atoms with Crippen LogP contribution in [0.5, 0.6) is 0 Å². The van der Waals surface area contributed by atoms with Gasteiger partial charge >= 0.3 is 5.97 Å². The van der Waals surface area contributed by atoms with Crippen LogP contribution in [-0.4, -0.2) is 17.9 Å². The molecule has 7 atom stereocenters. The summed E-state index contributed by atoms with van der Waals surface area (Å²) in [5.74, 6) is 2.62. The second-order valence-electron chi connectivity index (χ2n) is 11.1. The molecule has 4 rings (SSSR count). The summed E-state index contributed by atoms with van der Waals surface area (Å²) in [5, 5.41) is 0. The van der Waals surface area contributed by atoms with Crippen molar-refractivity contribution < 1.29 is 14.3 Å². The number of hydrogen-bond acceptors (Lipinski definition) is 3. The van der Waals surface area contributed by atoms with Crippen LogP contribution in [0.2, 0.25) is 0 Å². The molecule has 3 nitrogen and oxygen atoms in total. The van der Waals surface area contributed by atoms with E-state index in [1.54, 1.807) is 0 Å². The van der Waals surface area contributed by atoms with Gasteiger partial charge in [0.25, 0.3) is 0 Å². The molecule has 0 aliphatic heterocycles. The van der Waals surface area contributed by atoms with Crippen LogP contribution in [0.4, 0.5) is 0 Å². The maximum absolute atomic E-state index is 13.1. The van der Waals surface area contributed by atoms with E-state index in [-0.39, 0.29) is 22.6 Å². The molecule has 4 aliphatic rings. The molecule has 4 fully saturated rings. The van der Waals surface area contributed by atoms with Crippen molar-refractivity contribution in [1.82, 2.24) is 0 Å². The maximum Gasteiger partial charge on any atom is 0.303 e. The summed E-state index contributed by atoms with van der Waals surface area (Å²) in [4.78, 5) is 24.7. The average Bonchev–Trinajstić information content (AvgIpc) is 2.93. The van der Waals surface area contributed by atoms with Gasteiger partial charge in [0.05, 0.1) is 0 Å². The SMILES string of the molecule is CC(=O)O[C@@H]1C(=O)C[C@]2(C)[C@@H]3CC[C@]4(C)CCC[C@H]4[C@H]3CC[C@H]2C1(C)C. The lowest BCUT2D eigenvalue weighted by Gasteiger charge is -2.63. The molecule has 0 aromatic carbocycles. The first-order valence-corrected chi connectivity index (χ1v) is 10.8. The zero-order valence-electron chi connectivity index (χ0n) is 17.3. The number of esters is 1. The molecule has 0 radical (unpaired) electrons. The van der Waals surface area contributed by atoms with Gasteiger partial charge in [-0.05, 0) is 73.0 Å². The number of ether oxygens (including phenoxy) is 1. The van der Waals surface area contributed by atoms with E-state index in [0.717, 1.165) is 11.8 Å². The van der Waals surface area contributed by atoms with Crippen LogP contribution in [0.1, 0.15) is 86.0 Å². The summed E-state index contributed by atoms with van der Waals surface area (Å²) >= 11 is 0. The lowest BCUT2D eigenvalue weighted by molar-refractivity contribution is -0.195. The molecule has 26 heavy (non-hydrogen) atoms. The third-order valence-corrected chi connectivity index (χ3v) is 9.36. The van der Waals surface area contributed by atoms with Gasteiger partial charge in [0.2, 0.25) is 0 Å². The molecule has 0 N–H and O–H groups in total. The molecule has 0 saturated heterocycles. The molecule has 0 amide bonds. The first-order chi connectivity index (χ1) is 12.1. The number of carbonyl (C=O) groups excluding carboxylic acids is 2. The zero-order chi connectivity index (χ0) is 18.9. The average molecular weight is 361 g/mol. The van der Waals surface area contributed by atoms with Crippen molar-refractivity contribution >= 4 is 11.8 Å². The van der Waals surface area contributed by atoms with Crippen LogP contribution in [0.25, 0.3) is 0 Å². The molecular weight excluding hydrogens is 324 g/mol. The van der Waals surface area contributed by atoms with Crippen LogP contribution in [0.3, 0.4) is 0 Å². The Hall–Kier alpha value is -0.860. The van der Waals surface area contributed by atoms with E-state index in [2.05, 4.69) is 27.7 Å². The van der Waals surface area contributed by atoms with Gasteiger partial charge in [0, 0.05) is 18.8 Å². The van der Waals surface area contributed by atoms with Crippen molar-refractivity contribution in [3.05, 3.63) is 0 Å². The van der Waals surface area contributed by atoms with Crippen molar-refractivity contribution in [2.45, 2.75) is 92.1 Å². The summed E-state index contributed by atoms with van der Waals surface area (Å²) in [6.45, 7) is 10.7. The van der Waals surface area contributed by atoms with Gasteiger partial charge in [-0.25, -0.2) is 0 Å². The summed E-state index contributed by atoms with van der Waals surface area (Å²) in [5.41, 5.74) is 0.361. The molecule has 0 bridgehead atoms. The van der Waals surface area contributed by atoms with E-state index in [4.69, 9.17) is 4.74 Å². The predicted molar refractivity (Wildman–Crippen MR) is 101 cm³/mol. The molecule has 0 heterocycles. The first kappa shape index (κ1) is 18.5. The second kappa shape index (κ2) is 5.82. The Balaban J connectivity index is 1.67. The topological polar surface area (TPSA) is 43.4 Å². The summed E-state index contributed by atoms with van der Waals surface area (Å²) in [6.07, 6.45) is 9.33. The van der Waals surface area contributed by atoms with Gasteiger partial charge in [0.15, 0.2) is 11.9 Å². The highest BCUT2D eigenvalue weighted by Crippen LogP contribution is 2.68. The Morgan fingerprint density at radius 1 is 1.00 bits per heavy atom. The third-order valence-electron chi connectivity index (χ3n) is 9.36. The summed E-state index contributed by atoms with van der Waals surface area (Å²) < 4.78 is 5.55. The largest absolute Gasteiger partial charge is 0.454 e.